The number of ether oxygens (including phenoxy) is 1. The first-order chi connectivity index (χ1) is 11.2. The molecule has 5 heteroatoms. The quantitative estimate of drug-likeness (QED) is 0.702. The first kappa shape index (κ1) is 15.4. The zero-order valence-electron chi connectivity index (χ0n) is 12.7. The number of hydrogen-bond donors (Lipinski definition) is 2. The molecule has 1 heterocycles. The number of halogens is 1. The number of nitrogens with one attached hydrogen (secondary N) is 2. The van der Waals surface area contributed by atoms with Crippen molar-refractivity contribution in [2.24, 2.45) is 0 Å². The van der Waals surface area contributed by atoms with Crippen molar-refractivity contribution >= 4 is 34.1 Å². The number of fused-ring (bicyclic) bond motifs is 1. The van der Waals surface area contributed by atoms with E-state index in [1.807, 2.05) is 31.3 Å². The highest BCUT2D eigenvalue weighted by atomic mass is 35.5. The Morgan fingerprint density at radius 3 is 2.96 bits per heavy atom. The summed E-state index contributed by atoms with van der Waals surface area (Å²) in [5.41, 5.74) is 2.10. The van der Waals surface area contributed by atoms with Gasteiger partial charge in [0.1, 0.15) is 5.75 Å². The minimum absolute atomic E-state index is 0.196. The highest BCUT2D eigenvalue weighted by molar-refractivity contribution is 6.31. The van der Waals surface area contributed by atoms with Crippen LogP contribution in [0, 0.1) is 0 Å². The third kappa shape index (κ3) is 3.32. The van der Waals surface area contributed by atoms with Crippen LogP contribution in [0.5, 0.6) is 5.75 Å². The van der Waals surface area contributed by atoms with E-state index < -0.39 is 0 Å². The van der Waals surface area contributed by atoms with Crippen molar-refractivity contribution in [3.63, 3.8) is 0 Å². The van der Waals surface area contributed by atoms with Crippen molar-refractivity contribution in [1.29, 1.82) is 0 Å². The zero-order valence-corrected chi connectivity index (χ0v) is 13.5. The molecule has 23 heavy (non-hydrogen) atoms. The molecule has 2 N–H and O–H groups in total. The van der Waals surface area contributed by atoms with Crippen molar-refractivity contribution in [2.45, 2.75) is 13.3 Å². The number of H-pyrrole nitrogens is 1. The third-order valence-corrected chi connectivity index (χ3v) is 3.73. The second kappa shape index (κ2) is 6.75. The summed E-state index contributed by atoms with van der Waals surface area (Å²) in [6.07, 6.45) is 2.70. The number of carbonyl (C=O) groups excluding carboxylic acids is 1. The van der Waals surface area contributed by atoms with Gasteiger partial charge in [0.15, 0.2) is 0 Å². The summed E-state index contributed by atoms with van der Waals surface area (Å²) >= 11 is 6.05. The average molecular weight is 329 g/mol. The van der Waals surface area contributed by atoms with Gasteiger partial charge < -0.3 is 15.0 Å². The van der Waals surface area contributed by atoms with E-state index in [1.54, 1.807) is 24.3 Å². The van der Waals surface area contributed by atoms with E-state index in [-0.39, 0.29) is 5.91 Å². The maximum atomic E-state index is 12.6. The highest BCUT2D eigenvalue weighted by Crippen LogP contribution is 2.29. The molecular formula is C18H17ClN2O2. The van der Waals surface area contributed by atoms with Gasteiger partial charge >= 0.3 is 0 Å². The predicted octanol–water partition coefficient (Wildman–Crippen LogP) is 4.86. The first-order valence-corrected chi connectivity index (χ1v) is 7.86. The predicted molar refractivity (Wildman–Crippen MR) is 93.5 cm³/mol. The minimum atomic E-state index is -0.196. The summed E-state index contributed by atoms with van der Waals surface area (Å²) in [5, 5.41) is 4.32. The molecule has 0 spiro atoms. The van der Waals surface area contributed by atoms with E-state index in [1.165, 1.54) is 0 Å². The second-order valence-corrected chi connectivity index (χ2v) is 5.62. The van der Waals surface area contributed by atoms with E-state index in [0.717, 1.165) is 17.3 Å². The van der Waals surface area contributed by atoms with Gasteiger partial charge in [0.25, 0.3) is 5.91 Å². The van der Waals surface area contributed by atoms with Crippen LogP contribution in [0.4, 0.5) is 5.69 Å². The van der Waals surface area contributed by atoms with Crippen molar-refractivity contribution in [3.8, 4) is 5.75 Å². The number of amides is 1. The monoisotopic (exact) mass is 328 g/mol. The van der Waals surface area contributed by atoms with Crippen LogP contribution in [0.1, 0.15) is 23.7 Å². The van der Waals surface area contributed by atoms with Crippen LogP contribution < -0.4 is 10.1 Å². The smallest absolute Gasteiger partial charge is 0.256 e. The van der Waals surface area contributed by atoms with Gasteiger partial charge in [-0.25, -0.2) is 0 Å². The molecule has 1 aromatic heterocycles. The molecule has 0 radical (unpaired) electrons. The molecule has 0 aliphatic heterocycles. The Balaban J connectivity index is 1.90. The molecule has 0 saturated heterocycles. The van der Waals surface area contributed by atoms with Crippen LogP contribution >= 0.6 is 11.6 Å². The Morgan fingerprint density at radius 2 is 2.13 bits per heavy atom. The largest absolute Gasteiger partial charge is 0.491 e. The lowest BCUT2D eigenvalue weighted by Crippen LogP contribution is -2.13. The van der Waals surface area contributed by atoms with Crippen LogP contribution in [-0.4, -0.2) is 17.5 Å². The third-order valence-electron chi connectivity index (χ3n) is 3.49. The van der Waals surface area contributed by atoms with E-state index >= 15 is 0 Å². The van der Waals surface area contributed by atoms with Crippen LogP contribution in [-0.2, 0) is 0 Å². The van der Waals surface area contributed by atoms with Gasteiger partial charge in [-0.05, 0) is 42.8 Å². The lowest BCUT2D eigenvalue weighted by atomic mass is 10.1. The van der Waals surface area contributed by atoms with Gasteiger partial charge in [-0.3, -0.25) is 4.79 Å². The number of aromatic nitrogens is 1. The van der Waals surface area contributed by atoms with E-state index in [9.17, 15) is 4.79 Å². The Bertz CT molecular complexity index is 842. The summed E-state index contributed by atoms with van der Waals surface area (Å²) in [4.78, 5) is 15.7. The molecule has 0 saturated carbocycles. The molecular weight excluding hydrogens is 312 g/mol. The SMILES string of the molecule is CCCOc1ccc(Cl)cc1NC(=O)c1cccc2[nH]ccc12. The lowest BCUT2D eigenvalue weighted by molar-refractivity contribution is 0.102. The van der Waals surface area contributed by atoms with Gasteiger partial charge in [-0.1, -0.05) is 24.6 Å². The van der Waals surface area contributed by atoms with Crippen molar-refractivity contribution in [1.82, 2.24) is 4.98 Å². The molecule has 0 fully saturated rings. The number of rotatable bonds is 5. The first-order valence-electron chi connectivity index (χ1n) is 7.49. The van der Waals surface area contributed by atoms with Crippen LogP contribution in [0.25, 0.3) is 10.9 Å². The molecule has 0 atom stereocenters. The van der Waals surface area contributed by atoms with Crippen molar-refractivity contribution < 1.29 is 9.53 Å². The highest BCUT2D eigenvalue weighted by Gasteiger charge is 2.13. The molecule has 0 aliphatic carbocycles. The second-order valence-electron chi connectivity index (χ2n) is 5.19. The van der Waals surface area contributed by atoms with Crippen molar-refractivity contribution in [2.75, 3.05) is 11.9 Å². The number of anilines is 1. The summed E-state index contributed by atoms with van der Waals surface area (Å²) < 4.78 is 5.67. The van der Waals surface area contributed by atoms with E-state index in [0.29, 0.717) is 28.6 Å². The van der Waals surface area contributed by atoms with E-state index in [4.69, 9.17) is 16.3 Å². The number of hydrogen-bond acceptors (Lipinski definition) is 2. The molecule has 0 bridgehead atoms. The Kier molecular flexibility index (Phi) is 4.53. The lowest BCUT2D eigenvalue weighted by Gasteiger charge is -2.13. The fourth-order valence-corrected chi connectivity index (χ4v) is 2.58. The van der Waals surface area contributed by atoms with Gasteiger partial charge in [0, 0.05) is 27.7 Å². The summed E-state index contributed by atoms with van der Waals surface area (Å²) in [6, 6.07) is 12.7. The van der Waals surface area contributed by atoms with Gasteiger partial charge in [-0.15, -0.1) is 0 Å². The summed E-state index contributed by atoms with van der Waals surface area (Å²) in [5.74, 6) is 0.421. The maximum Gasteiger partial charge on any atom is 0.256 e. The number of aromatic amines is 1. The topological polar surface area (TPSA) is 54.1 Å². The molecule has 0 unspecified atom stereocenters. The standard InChI is InChI=1S/C18H17ClN2O2/c1-2-10-23-17-7-6-12(19)11-16(17)21-18(22)14-4-3-5-15-13(14)8-9-20-15/h3-9,11,20H,2,10H2,1H3,(H,21,22). The Labute approximate surface area is 139 Å². The maximum absolute atomic E-state index is 12.6. The summed E-state index contributed by atoms with van der Waals surface area (Å²) in [6.45, 7) is 2.61. The number of benzene rings is 2. The van der Waals surface area contributed by atoms with Crippen LogP contribution in [0.15, 0.2) is 48.7 Å². The van der Waals surface area contributed by atoms with Crippen molar-refractivity contribution in [3.05, 3.63) is 59.2 Å². The van der Waals surface area contributed by atoms with Gasteiger partial charge in [-0.2, -0.15) is 0 Å². The average Bonchev–Trinajstić information content (AvgIpc) is 3.02. The molecule has 2 aromatic carbocycles. The molecule has 4 nitrogen and oxygen atoms in total. The number of carbonyl (C=O) groups is 1. The van der Waals surface area contributed by atoms with Gasteiger partial charge in [0.2, 0.25) is 0 Å². The zero-order chi connectivity index (χ0) is 16.2. The fraction of sp³-hybridized carbons (Fsp3) is 0.167. The Morgan fingerprint density at radius 1 is 1.26 bits per heavy atom. The minimum Gasteiger partial charge on any atom is -0.491 e. The van der Waals surface area contributed by atoms with Gasteiger partial charge in [0.05, 0.1) is 12.3 Å². The fourth-order valence-electron chi connectivity index (χ4n) is 2.41. The van der Waals surface area contributed by atoms with Crippen LogP contribution in [0.3, 0.4) is 0 Å². The molecule has 3 aromatic rings. The molecule has 118 valence electrons. The van der Waals surface area contributed by atoms with E-state index in [2.05, 4.69) is 10.3 Å². The molecule has 1 amide bonds. The molecule has 0 aliphatic rings. The normalized spacial score (nSPS) is 10.7. The summed E-state index contributed by atoms with van der Waals surface area (Å²) in [7, 11) is 0. The molecule has 3 rings (SSSR count). The van der Waals surface area contributed by atoms with Crippen LogP contribution in [0.2, 0.25) is 5.02 Å². The Hall–Kier alpha value is -2.46.